The van der Waals surface area contributed by atoms with Crippen molar-refractivity contribution in [3.63, 3.8) is 0 Å². The van der Waals surface area contributed by atoms with Crippen LogP contribution in [0.1, 0.15) is 26.3 Å². The molecule has 0 saturated carbocycles. The van der Waals surface area contributed by atoms with Crippen molar-refractivity contribution in [3.05, 3.63) is 66.2 Å². The molecule has 0 radical (unpaired) electrons. The molecule has 0 aliphatic rings. The number of fused-ring (bicyclic) bond motifs is 2. The van der Waals surface area contributed by atoms with Crippen LogP contribution in [0.2, 0.25) is 0 Å². The molecule has 0 aliphatic carbocycles. The number of rotatable bonds is 1. The quantitative estimate of drug-likeness (QED) is 0.395. The van der Waals surface area contributed by atoms with Crippen LogP contribution in [0.4, 0.5) is 0 Å². The summed E-state index contributed by atoms with van der Waals surface area (Å²) in [5.74, 6) is 0. The van der Waals surface area contributed by atoms with Gasteiger partial charge in [0.15, 0.2) is 0 Å². The molecular formula is C21H19NS. The van der Waals surface area contributed by atoms with Gasteiger partial charge in [-0.2, -0.15) is 0 Å². The standard InChI is InChI=1S/C21H19NS/c1-21(2,3)17-10-11-19-18(13-17)22-20(23-19)16-9-8-14-6-4-5-7-15(14)12-16/h4-13H,1-3H3. The Balaban J connectivity index is 1.84. The van der Waals surface area contributed by atoms with Crippen LogP contribution in [0.5, 0.6) is 0 Å². The van der Waals surface area contributed by atoms with E-state index in [0.29, 0.717) is 0 Å². The molecule has 114 valence electrons. The second kappa shape index (κ2) is 5.17. The van der Waals surface area contributed by atoms with E-state index in [-0.39, 0.29) is 5.41 Å². The lowest BCUT2D eigenvalue weighted by Gasteiger charge is -2.18. The lowest BCUT2D eigenvalue weighted by atomic mass is 9.87. The summed E-state index contributed by atoms with van der Waals surface area (Å²) in [4.78, 5) is 4.88. The van der Waals surface area contributed by atoms with Crippen LogP contribution in [-0.4, -0.2) is 4.98 Å². The number of thiazole rings is 1. The minimum Gasteiger partial charge on any atom is -0.236 e. The number of hydrogen-bond acceptors (Lipinski definition) is 2. The summed E-state index contributed by atoms with van der Waals surface area (Å²) in [6.07, 6.45) is 0. The van der Waals surface area contributed by atoms with Crippen molar-refractivity contribution in [1.29, 1.82) is 0 Å². The monoisotopic (exact) mass is 317 g/mol. The molecule has 0 aliphatic heterocycles. The minimum absolute atomic E-state index is 0.154. The van der Waals surface area contributed by atoms with E-state index in [2.05, 4.69) is 81.4 Å². The molecule has 0 N–H and O–H groups in total. The molecule has 2 heteroatoms. The van der Waals surface area contributed by atoms with E-state index in [1.54, 1.807) is 11.3 Å². The average Bonchev–Trinajstić information content (AvgIpc) is 2.96. The second-order valence-electron chi connectivity index (χ2n) is 7.01. The van der Waals surface area contributed by atoms with Crippen LogP contribution in [0, 0.1) is 0 Å². The normalized spacial score (nSPS) is 12.1. The van der Waals surface area contributed by atoms with Crippen LogP contribution in [0.25, 0.3) is 31.6 Å². The summed E-state index contributed by atoms with van der Waals surface area (Å²) in [6, 6.07) is 21.7. The van der Waals surface area contributed by atoms with E-state index >= 15 is 0 Å². The van der Waals surface area contributed by atoms with Gasteiger partial charge in [-0.05, 0) is 39.9 Å². The Morgan fingerprint density at radius 1 is 0.826 bits per heavy atom. The van der Waals surface area contributed by atoms with Gasteiger partial charge in [-0.3, -0.25) is 0 Å². The maximum atomic E-state index is 4.88. The van der Waals surface area contributed by atoms with E-state index in [9.17, 15) is 0 Å². The van der Waals surface area contributed by atoms with E-state index < -0.39 is 0 Å². The predicted octanol–water partition coefficient (Wildman–Crippen LogP) is 6.41. The summed E-state index contributed by atoms with van der Waals surface area (Å²) in [5.41, 5.74) is 3.79. The summed E-state index contributed by atoms with van der Waals surface area (Å²) >= 11 is 1.77. The number of hydrogen-bond donors (Lipinski definition) is 0. The van der Waals surface area contributed by atoms with Crippen molar-refractivity contribution in [1.82, 2.24) is 4.98 Å². The molecule has 1 heterocycles. The average molecular weight is 317 g/mol. The molecule has 4 rings (SSSR count). The number of benzene rings is 3. The largest absolute Gasteiger partial charge is 0.236 e. The highest BCUT2D eigenvalue weighted by Gasteiger charge is 2.15. The van der Waals surface area contributed by atoms with Crippen LogP contribution in [0.3, 0.4) is 0 Å². The molecule has 23 heavy (non-hydrogen) atoms. The van der Waals surface area contributed by atoms with Crippen LogP contribution in [0.15, 0.2) is 60.7 Å². The number of aromatic nitrogens is 1. The molecule has 0 saturated heterocycles. The van der Waals surface area contributed by atoms with Gasteiger partial charge in [0.1, 0.15) is 5.01 Å². The Labute approximate surface area is 140 Å². The van der Waals surface area contributed by atoms with Crippen LogP contribution >= 0.6 is 11.3 Å². The van der Waals surface area contributed by atoms with Gasteiger partial charge in [0.25, 0.3) is 0 Å². The Kier molecular flexibility index (Phi) is 3.24. The van der Waals surface area contributed by atoms with Gasteiger partial charge in [-0.1, -0.05) is 63.2 Å². The Morgan fingerprint density at radius 3 is 2.39 bits per heavy atom. The summed E-state index contributed by atoms with van der Waals surface area (Å²) in [7, 11) is 0. The van der Waals surface area contributed by atoms with Crippen LogP contribution < -0.4 is 0 Å². The fourth-order valence-corrected chi connectivity index (χ4v) is 3.78. The third-order valence-corrected chi connectivity index (χ3v) is 5.34. The van der Waals surface area contributed by atoms with Crippen molar-refractivity contribution in [2.45, 2.75) is 26.2 Å². The third-order valence-electron chi connectivity index (χ3n) is 4.25. The Bertz CT molecular complexity index is 1010. The molecule has 4 aromatic rings. The predicted molar refractivity (Wildman–Crippen MR) is 101 cm³/mol. The zero-order chi connectivity index (χ0) is 16.0. The minimum atomic E-state index is 0.154. The first-order valence-electron chi connectivity index (χ1n) is 7.91. The van der Waals surface area contributed by atoms with E-state index in [1.165, 1.54) is 26.6 Å². The molecule has 0 spiro atoms. The fraction of sp³-hybridized carbons (Fsp3) is 0.190. The Morgan fingerprint density at radius 2 is 1.61 bits per heavy atom. The van der Waals surface area contributed by atoms with Gasteiger partial charge in [-0.25, -0.2) is 4.98 Å². The maximum Gasteiger partial charge on any atom is 0.124 e. The molecule has 0 unspecified atom stereocenters. The number of nitrogens with zero attached hydrogens (tertiary/aromatic N) is 1. The van der Waals surface area contributed by atoms with Gasteiger partial charge in [0, 0.05) is 5.56 Å². The molecule has 0 atom stereocenters. The molecule has 0 bridgehead atoms. The van der Waals surface area contributed by atoms with Crippen molar-refractivity contribution < 1.29 is 0 Å². The topological polar surface area (TPSA) is 12.9 Å². The summed E-state index contributed by atoms with van der Waals surface area (Å²) < 4.78 is 1.25. The van der Waals surface area contributed by atoms with Gasteiger partial charge >= 0.3 is 0 Å². The highest BCUT2D eigenvalue weighted by molar-refractivity contribution is 7.21. The molecule has 1 nitrogen and oxygen atoms in total. The molecular weight excluding hydrogens is 298 g/mol. The van der Waals surface area contributed by atoms with Gasteiger partial charge < -0.3 is 0 Å². The van der Waals surface area contributed by atoms with Crippen molar-refractivity contribution in [3.8, 4) is 10.6 Å². The van der Waals surface area contributed by atoms with Crippen LogP contribution in [-0.2, 0) is 5.41 Å². The lowest BCUT2D eigenvalue weighted by molar-refractivity contribution is 0.591. The van der Waals surface area contributed by atoms with Crippen molar-refractivity contribution >= 4 is 32.3 Å². The first-order valence-corrected chi connectivity index (χ1v) is 8.73. The van der Waals surface area contributed by atoms with Crippen molar-refractivity contribution in [2.24, 2.45) is 0 Å². The molecule has 3 aromatic carbocycles. The maximum absolute atomic E-state index is 4.88. The highest BCUT2D eigenvalue weighted by Crippen LogP contribution is 2.34. The van der Waals surface area contributed by atoms with E-state index in [1.807, 2.05) is 0 Å². The molecule has 0 amide bonds. The smallest absolute Gasteiger partial charge is 0.124 e. The van der Waals surface area contributed by atoms with Gasteiger partial charge in [0.2, 0.25) is 0 Å². The summed E-state index contributed by atoms with van der Waals surface area (Å²) in [6.45, 7) is 6.72. The third kappa shape index (κ3) is 2.64. The summed E-state index contributed by atoms with van der Waals surface area (Å²) in [5, 5.41) is 3.63. The van der Waals surface area contributed by atoms with Gasteiger partial charge in [0.05, 0.1) is 10.2 Å². The Hall–Kier alpha value is -2.19. The SMILES string of the molecule is CC(C)(C)c1ccc2sc(-c3ccc4ccccc4c3)nc2c1. The van der Waals surface area contributed by atoms with E-state index in [0.717, 1.165) is 10.5 Å². The first kappa shape index (κ1) is 14.4. The zero-order valence-corrected chi connectivity index (χ0v) is 14.4. The van der Waals surface area contributed by atoms with Crippen molar-refractivity contribution in [2.75, 3.05) is 0 Å². The first-order chi connectivity index (χ1) is 11.0. The molecule has 0 fully saturated rings. The lowest BCUT2D eigenvalue weighted by Crippen LogP contribution is -2.10. The molecule has 1 aromatic heterocycles. The fourth-order valence-electron chi connectivity index (χ4n) is 2.84. The highest BCUT2D eigenvalue weighted by atomic mass is 32.1. The van der Waals surface area contributed by atoms with Gasteiger partial charge in [-0.15, -0.1) is 11.3 Å². The zero-order valence-electron chi connectivity index (χ0n) is 13.6. The second-order valence-corrected chi connectivity index (χ2v) is 8.04. The van der Waals surface area contributed by atoms with E-state index in [4.69, 9.17) is 4.98 Å².